The molecule has 162 valence electrons. The first kappa shape index (κ1) is 24.0. The van der Waals surface area contributed by atoms with E-state index in [9.17, 15) is 14.4 Å². The minimum Gasteiger partial charge on any atom is -0.337 e. The fourth-order valence-corrected chi connectivity index (χ4v) is 3.19. The van der Waals surface area contributed by atoms with Crippen molar-refractivity contribution in [2.75, 3.05) is 19.6 Å². The Morgan fingerprint density at radius 3 is 2.14 bits per heavy atom. The molecule has 1 saturated heterocycles. The molecule has 28 heavy (non-hydrogen) atoms. The summed E-state index contributed by atoms with van der Waals surface area (Å²) in [6, 6.07) is -1.04. The molecule has 0 aromatic rings. The summed E-state index contributed by atoms with van der Waals surface area (Å²) in [6.07, 6.45) is 0.776. The number of piperazine rings is 1. The standard InChI is InChI=1S/C20H39N5O3/c1-9-14(4)16(22-18(27)23-20(6,7)8)17(26)24-10-11-25(15(5)12-24)19(28)21-13(2)3/h13-16H,9-12H2,1-8H3,(H,21,28)(H2,22,23,27). The smallest absolute Gasteiger partial charge is 0.317 e. The lowest BCUT2D eigenvalue weighted by Gasteiger charge is -2.41. The summed E-state index contributed by atoms with van der Waals surface area (Å²) in [5.41, 5.74) is -0.378. The zero-order valence-electron chi connectivity index (χ0n) is 18.8. The predicted octanol–water partition coefficient (Wildman–Crippen LogP) is 2.15. The van der Waals surface area contributed by atoms with Gasteiger partial charge < -0.3 is 25.8 Å². The van der Waals surface area contributed by atoms with Crippen LogP contribution in [0.2, 0.25) is 0 Å². The molecule has 1 heterocycles. The molecular formula is C20H39N5O3. The summed E-state index contributed by atoms with van der Waals surface area (Å²) in [5.74, 6) is -0.0787. The van der Waals surface area contributed by atoms with Crippen LogP contribution in [-0.2, 0) is 4.79 Å². The van der Waals surface area contributed by atoms with Crippen LogP contribution in [0.4, 0.5) is 9.59 Å². The van der Waals surface area contributed by atoms with Crippen molar-refractivity contribution in [3.8, 4) is 0 Å². The SMILES string of the molecule is CCC(C)C(NC(=O)NC(C)(C)C)C(=O)N1CCN(C(=O)NC(C)C)C(C)C1. The Morgan fingerprint density at radius 1 is 1.07 bits per heavy atom. The van der Waals surface area contributed by atoms with Crippen LogP contribution >= 0.6 is 0 Å². The van der Waals surface area contributed by atoms with Crippen molar-refractivity contribution in [3.63, 3.8) is 0 Å². The van der Waals surface area contributed by atoms with E-state index in [1.165, 1.54) is 0 Å². The highest BCUT2D eigenvalue weighted by Crippen LogP contribution is 2.16. The fraction of sp³-hybridized carbons (Fsp3) is 0.850. The maximum absolute atomic E-state index is 13.2. The first-order chi connectivity index (χ1) is 12.9. The van der Waals surface area contributed by atoms with Crippen LogP contribution < -0.4 is 16.0 Å². The summed E-state index contributed by atoms with van der Waals surface area (Å²) < 4.78 is 0. The zero-order valence-corrected chi connectivity index (χ0v) is 18.8. The quantitative estimate of drug-likeness (QED) is 0.663. The second-order valence-electron chi connectivity index (χ2n) is 9.14. The van der Waals surface area contributed by atoms with Gasteiger partial charge in [0.1, 0.15) is 6.04 Å². The van der Waals surface area contributed by atoms with E-state index in [2.05, 4.69) is 16.0 Å². The van der Waals surface area contributed by atoms with Gasteiger partial charge in [-0.1, -0.05) is 20.3 Å². The molecule has 3 unspecified atom stereocenters. The van der Waals surface area contributed by atoms with Gasteiger partial charge in [-0.05, 0) is 47.5 Å². The van der Waals surface area contributed by atoms with Crippen molar-refractivity contribution in [1.29, 1.82) is 0 Å². The number of hydrogen-bond donors (Lipinski definition) is 3. The van der Waals surface area contributed by atoms with Crippen molar-refractivity contribution >= 4 is 18.0 Å². The number of carbonyl (C=O) groups is 3. The number of carbonyl (C=O) groups excluding carboxylic acids is 3. The Morgan fingerprint density at radius 2 is 1.68 bits per heavy atom. The lowest BCUT2D eigenvalue weighted by Crippen LogP contribution is -2.62. The Bertz CT molecular complexity index is 559. The minimum atomic E-state index is -0.587. The topological polar surface area (TPSA) is 93.8 Å². The van der Waals surface area contributed by atoms with E-state index >= 15 is 0 Å². The average Bonchev–Trinajstić information content (AvgIpc) is 2.55. The Balaban J connectivity index is 2.79. The molecule has 5 amide bonds. The predicted molar refractivity (Wildman–Crippen MR) is 111 cm³/mol. The molecule has 0 aliphatic carbocycles. The number of rotatable bonds is 5. The van der Waals surface area contributed by atoms with Crippen LogP contribution in [0.3, 0.4) is 0 Å². The third kappa shape index (κ3) is 7.20. The van der Waals surface area contributed by atoms with E-state index in [4.69, 9.17) is 0 Å². The molecular weight excluding hydrogens is 358 g/mol. The number of hydrogen-bond acceptors (Lipinski definition) is 3. The molecule has 0 spiro atoms. The largest absolute Gasteiger partial charge is 0.337 e. The highest BCUT2D eigenvalue weighted by Gasteiger charge is 2.35. The molecule has 0 bridgehead atoms. The molecule has 8 nitrogen and oxygen atoms in total. The maximum atomic E-state index is 13.2. The van der Waals surface area contributed by atoms with E-state index in [0.29, 0.717) is 19.6 Å². The second-order valence-corrected chi connectivity index (χ2v) is 9.14. The van der Waals surface area contributed by atoms with Crippen LogP contribution in [0.5, 0.6) is 0 Å². The van der Waals surface area contributed by atoms with Crippen LogP contribution in [0.25, 0.3) is 0 Å². The van der Waals surface area contributed by atoms with Gasteiger partial charge in [-0.15, -0.1) is 0 Å². The maximum Gasteiger partial charge on any atom is 0.317 e. The number of nitrogens with one attached hydrogen (secondary N) is 3. The zero-order chi connectivity index (χ0) is 21.6. The molecule has 0 radical (unpaired) electrons. The summed E-state index contributed by atoms with van der Waals surface area (Å²) in [4.78, 5) is 41.3. The van der Waals surface area contributed by atoms with Crippen molar-refractivity contribution in [1.82, 2.24) is 25.8 Å². The van der Waals surface area contributed by atoms with Gasteiger partial charge in [0.15, 0.2) is 0 Å². The summed E-state index contributed by atoms with van der Waals surface area (Å²) >= 11 is 0. The molecule has 8 heteroatoms. The van der Waals surface area contributed by atoms with Crippen molar-refractivity contribution in [3.05, 3.63) is 0 Å². The second kappa shape index (κ2) is 9.98. The third-order valence-corrected chi connectivity index (χ3v) is 4.87. The van der Waals surface area contributed by atoms with Crippen LogP contribution in [0.15, 0.2) is 0 Å². The monoisotopic (exact) mass is 397 g/mol. The van der Waals surface area contributed by atoms with Gasteiger partial charge in [0.2, 0.25) is 5.91 Å². The average molecular weight is 398 g/mol. The molecule has 0 aromatic carbocycles. The van der Waals surface area contributed by atoms with Gasteiger partial charge in [0, 0.05) is 37.3 Å². The molecule has 1 rings (SSSR count). The van der Waals surface area contributed by atoms with Gasteiger partial charge in [-0.2, -0.15) is 0 Å². The van der Waals surface area contributed by atoms with Crippen LogP contribution in [0.1, 0.15) is 61.8 Å². The van der Waals surface area contributed by atoms with Crippen molar-refractivity contribution in [2.24, 2.45) is 5.92 Å². The Kier molecular flexibility index (Phi) is 8.57. The van der Waals surface area contributed by atoms with Crippen molar-refractivity contribution < 1.29 is 14.4 Å². The van der Waals surface area contributed by atoms with E-state index < -0.39 is 6.04 Å². The van der Waals surface area contributed by atoms with Gasteiger partial charge in [-0.25, -0.2) is 9.59 Å². The van der Waals surface area contributed by atoms with Gasteiger partial charge in [-0.3, -0.25) is 4.79 Å². The van der Waals surface area contributed by atoms with E-state index in [1.807, 2.05) is 55.4 Å². The number of nitrogens with zero attached hydrogens (tertiary/aromatic N) is 2. The summed E-state index contributed by atoms with van der Waals surface area (Å²) in [7, 11) is 0. The lowest BCUT2D eigenvalue weighted by molar-refractivity contribution is -0.136. The Labute approximate surface area is 169 Å². The van der Waals surface area contributed by atoms with E-state index in [1.54, 1.807) is 9.80 Å². The van der Waals surface area contributed by atoms with Gasteiger partial charge in [0.25, 0.3) is 0 Å². The van der Waals surface area contributed by atoms with E-state index in [0.717, 1.165) is 6.42 Å². The summed E-state index contributed by atoms with van der Waals surface area (Å²) in [6.45, 7) is 16.9. The third-order valence-electron chi connectivity index (χ3n) is 4.87. The first-order valence-electron chi connectivity index (χ1n) is 10.3. The van der Waals surface area contributed by atoms with E-state index in [-0.39, 0.29) is 41.5 Å². The van der Waals surface area contributed by atoms with Crippen LogP contribution in [0, 0.1) is 5.92 Å². The molecule has 3 atom stereocenters. The van der Waals surface area contributed by atoms with Crippen LogP contribution in [-0.4, -0.2) is 71.1 Å². The molecule has 0 aromatic heterocycles. The normalized spacial score (nSPS) is 19.8. The molecule has 0 saturated carbocycles. The number of amides is 5. The first-order valence-corrected chi connectivity index (χ1v) is 10.3. The molecule has 1 fully saturated rings. The highest BCUT2D eigenvalue weighted by atomic mass is 16.2. The number of urea groups is 2. The van der Waals surface area contributed by atoms with Crippen molar-refractivity contribution in [2.45, 2.75) is 85.5 Å². The molecule has 1 aliphatic heterocycles. The lowest BCUT2D eigenvalue weighted by atomic mass is 9.97. The van der Waals surface area contributed by atoms with Gasteiger partial charge >= 0.3 is 12.1 Å². The molecule has 1 aliphatic rings. The minimum absolute atomic E-state index is 0.00999. The fourth-order valence-electron chi connectivity index (χ4n) is 3.19. The Hall–Kier alpha value is -1.99. The van der Waals surface area contributed by atoms with Gasteiger partial charge in [0.05, 0.1) is 0 Å². The summed E-state index contributed by atoms with van der Waals surface area (Å²) in [5, 5.41) is 8.62. The highest BCUT2D eigenvalue weighted by molar-refractivity contribution is 5.88. The molecule has 3 N–H and O–H groups in total.